The number of carbonyl (C=O) groups is 1. The maximum absolute atomic E-state index is 11.7. The van der Waals surface area contributed by atoms with E-state index in [1.807, 2.05) is 18.7 Å². The van der Waals surface area contributed by atoms with E-state index in [0.29, 0.717) is 5.92 Å². The van der Waals surface area contributed by atoms with E-state index in [9.17, 15) is 4.79 Å². The van der Waals surface area contributed by atoms with E-state index in [-0.39, 0.29) is 18.0 Å². The molecule has 0 saturated heterocycles. The summed E-state index contributed by atoms with van der Waals surface area (Å²) in [4.78, 5) is 13.6. The first-order valence-corrected chi connectivity index (χ1v) is 5.42. The molecule has 0 aliphatic rings. The lowest BCUT2D eigenvalue weighted by atomic mass is 10.1. The van der Waals surface area contributed by atoms with Crippen LogP contribution in [-0.2, 0) is 4.79 Å². The van der Waals surface area contributed by atoms with Gasteiger partial charge in [-0.2, -0.15) is 0 Å². The number of hydrogen-bond acceptors (Lipinski definition) is 2. The summed E-state index contributed by atoms with van der Waals surface area (Å²) < 4.78 is 0. The van der Waals surface area contributed by atoms with Crippen molar-refractivity contribution in [2.24, 2.45) is 11.7 Å². The van der Waals surface area contributed by atoms with Crippen molar-refractivity contribution in [3.05, 3.63) is 0 Å². The summed E-state index contributed by atoms with van der Waals surface area (Å²) >= 11 is 0. The third-order valence-corrected chi connectivity index (χ3v) is 2.24. The summed E-state index contributed by atoms with van der Waals surface area (Å²) in [6.07, 6.45) is 1.04. The summed E-state index contributed by atoms with van der Waals surface area (Å²) in [7, 11) is 0. The predicted molar refractivity (Wildman–Crippen MR) is 60.0 cm³/mol. The van der Waals surface area contributed by atoms with Gasteiger partial charge < -0.3 is 10.6 Å². The van der Waals surface area contributed by atoms with Crippen molar-refractivity contribution in [2.75, 3.05) is 6.54 Å². The minimum absolute atomic E-state index is 0.0562. The first kappa shape index (κ1) is 13.4. The third-order valence-electron chi connectivity index (χ3n) is 2.24. The maximum atomic E-state index is 11.7. The van der Waals surface area contributed by atoms with E-state index in [2.05, 4.69) is 13.8 Å². The van der Waals surface area contributed by atoms with E-state index in [1.54, 1.807) is 6.92 Å². The van der Waals surface area contributed by atoms with E-state index >= 15 is 0 Å². The number of nitrogens with two attached hydrogens (primary N) is 1. The van der Waals surface area contributed by atoms with Gasteiger partial charge in [0.1, 0.15) is 0 Å². The normalized spacial score (nSPS) is 13.4. The van der Waals surface area contributed by atoms with Gasteiger partial charge in [0.25, 0.3) is 0 Å². The molecule has 0 spiro atoms. The zero-order chi connectivity index (χ0) is 11.3. The zero-order valence-electron chi connectivity index (χ0n) is 10.1. The van der Waals surface area contributed by atoms with Crippen molar-refractivity contribution in [3.8, 4) is 0 Å². The fourth-order valence-electron chi connectivity index (χ4n) is 1.28. The molecule has 0 heterocycles. The van der Waals surface area contributed by atoms with Crippen LogP contribution in [0.4, 0.5) is 0 Å². The highest BCUT2D eigenvalue weighted by molar-refractivity contribution is 5.81. The Morgan fingerprint density at radius 3 is 2.00 bits per heavy atom. The molecule has 0 aromatic carbocycles. The van der Waals surface area contributed by atoms with Crippen LogP contribution >= 0.6 is 0 Å². The van der Waals surface area contributed by atoms with Crippen molar-refractivity contribution in [1.29, 1.82) is 0 Å². The van der Waals surface area contributed by atoms with E-state index in [0.717, 1.165) is 13.0 Å². The van der Waals surface area contributed by atoms with Gasteiger partial charge in [0.15, 0.2) is 0 Å². The third kappa shape index (κ3) is 4.61. The molecule has 14 heavy (non-hydrogen) atoms. The van der Waals surface area contributed by atoms with Crippen LogP contribution < -0.4 is 5.73 Å². The summed E-state index contributed by atoms with van der Waals surface area (Å²) in [5, 5.41) is 0. The van der Waals surface area contributed by atoms with Crippen LogP contribution in [0.2, 0.25) is 0 Å². The molecule has 0 radical (unpaired) electrons. The molecule has 1 amide bonds. The van der Waals surface area contributed by atoms with E-state index in [1.165, 1.54) is 0 Å². The second-order valence-electron chi connectivity index (χ2n) is 4.60. The minimum atomic E-state index is -0.385. The van der Waals surface area contributed by atoms with Gasteiger partial charge in [0.2, 0.25) is 5.91 Å². The van der Waals surface area contributed by atoms with Gasteiger partial charge >= 0.3 is 0 Å². The van der Waals surface area contributed by atoms with Gasteiger partial charge in [-0.15, -0.1) is 0 Å². The number of hydrogen-bond donors (Lipinski definition) is 1. The maximum Gasteiger partial charge on any atom is 0.239 e. The van der Waals surface area contributed by atoms with Crippen LogP contribution in [0.3, 0.4) is 0 Å². The van der Waals surface area contributed by atoms with Gasteiger partial charge in [0.05, 0.1) is 6.04 Å². The molecule has 0 fully saturated rings. The van der Waals surface area contributed by atoms with Gasteiger partial charge in [-0.25, -0.2) is 0 Å². The van der Waals surface area contributed by atoms with Crippen LogP contribution in [0.1, 0.15) is 41.0 Å². The number of carbonyl (C=O) groups excluding carboxylic acids is 1. The fraction of sp³-hybridized carbons (Fsp3) is 0.909. The molecular weight excluding hydrogens is 176 g/mol. The lowest BCUT2D eigenvalue weighted by molar-refractivity contribution is -0.134. The predicted octanol–water partition coefficient (Wildman–Crippen LogP) is 1.62. The zero-order valence-corrected chi connectivity index (χ0v) is 10.1. The van der Waals surface area contributed by atoms with Crippen molar-refractivity contribution in [2.45, 2.75) is 53.1 Å². The summed E-state index contributed by atoms with van der Waals surface area (Å²) in [5.74, 6) is 0.679. The molecule has 84 valence electrons. The van der Waals surface area contributed by atoms with Crippen LogP contribution in [0.25, 0.3) is 0 Å². The molecular formula is C11H24N2O. The molecule has 2 N–H and O–H groups in total. The van der Waals surface area contributed by atoms with Crippen LogP contribution in [0, 0.1) is 5.92 Å². The molecule has 1 unspecified atom stereocenters. The molecule has 0 saturated carbocycles. The summed E-state index contributed by atoms with van der Waals surface area (Å²) in [6, 6.07) is -0.142. The molecule has 0 aromatic rings. The highest BCUT2D eigenvalue weighted by atomic mass is 16.2. The van der Waals surface area contributed by atoms with Crippen molar-refractivity contribution in [3.63, 3.8) is 0 Å². The highest BCUT2D eigenvalue weighted by Crippen LogP contribution is 2.07. The molecule has 1 atom stereocenters. The van der Waals surface area contributed by atoms with Crippen molar-refractivity contribution < 1.29 is 4.79 Å². The van der Waals surface area contributed by atoms with Gasteiger partial charge in [0, 0.05) is 12.6 Å². The lowest BCUT2D eigenvalue weighted by Gasteiger charge is -2.29. The second-order valence-corrected chi connectivity index (χ2v) is 4.60. The van der Waals surface area contributed by atoms with Crippen LogP contribution in [-0.4, -0.2) is 29.4 Å². The SMILES string of the molecule is CC(C)CCN(C(=O)C(C)N)C(C)C. The van der Waals surface area contributed by atoms with Crippen molar-refractivity contribution >= 4 is 5.91 Å². The first-order valence-electron chi connectivity index (χ1n) is 5.42. The van der Waals surface area contributed by atoms with Crippen LogP contribution in [0.15, 0.2) is 0 Å². The molecule has 0 bridgehead atoms. The molecule has 3 heteroatoms. The average molecular weight is 200 g/mol. The van der Waals surface area contributed by atoms with Crippen LogP contribution in [0.5, 0.6) is 0 Å². The first-order chi connectivity index (χ1) is 6.36. The Hall–Kier alpha value is -0.570. The Kier molecular flexibility index (Phi) is 5.77. The van der Waals surface area contributed by atoms with E-state index in [4.69, 9.17) is 5.73 Å². The topological polar surface area (TPSA) is 46.3 Å². The van der Waals surface area contributed by atoms with E-state index < -0.39 is 0 Å². The smallest absolute Gasteiger partial charge is 0.239 e. The quantitative estimate of drug-likeness (QED) is 0.733. The average Bonchev–Trinajstić information content (AvgIpc) is 2.02. The lowest BCUT2D eigenvalue weighted by Crippen LogP contribution is -2.46. The number of nitrogens with zero attached hydrogens (tertiary/aromatic N) is 1. The monoisotopic (exact) mass is 200 g/mol. The number of rotatable bonds is 5. The largest absolute Gasteiger partial charge is 0.339 e. The Labute approximate surface area is 87.6 Å². The standard InChI is InChI=1S/C11H24N2O/c1-8(2)6-7-13(9(3)4)11(14)10(5)12/h8-10H,6-7,12H2,1-5H3. The Morgan fingerprint density at radius 1 is 1.21 bits per heavy atom. The molecule has 0 rings (SSSR count). The van der Waals surface area contributed by atoms with Gasteiger partial charge in [-0.1, -0.05) is 13.8 Å². The fourth-order valence-corrected chi connectivity index (χ4v) is 1.28. The van der Waals surface area contributed by atoms with Gasteiger partial charge in [-0.05, 0) is 33.1 Å². The molecule has 3 nitrogen and oxygen atoms in total. The summed E-state index contributed by atoms with van der Waals surface area (Å²) in [5.41, 5.74) is 5.59. The van der Waals surface area contributed by atoms with Crippen molar-refractivity contribution in [1.82, 2.24) is 4.90 Å². The molecule has 0 aliphatic carbocycles. The molecule has 0 aliphatic heterocycles. The summed E-state index contributed by atoms with van der Waals surface area (Å²) in [6.45, 7) is 10.9. The number of amides is 1. The second kappa shape index (κ2) is 6.02. The Balaban J connectivity index is 4.23. The Bertz CT molecular complexity index is 176. The highest BCUT2D eigenvalue weighted by Gasteiger charge is 2.19. The molecule has 0 aromatic heterocycles. The van der Waals surface area contributed by atoms with Gasteiger partial charge in [-0.3, -0.25) is 4.79 Å². The Morgan fingerprint density at radius 2 is 1.71 bits per heavy atom. The minimum Gasteiger partial charge on any atom is -0.339 e.